The molecule has 17 heavy (non-hydrogen) atoms. The van der Waals surface area contributed by atoms with E-state index in [4.69, 9.17) is 11.6 Å². The summed E-state index contributed by atoms with van der Waals surface area (Å²) < 4.78 is 0. The molecular weight excluding hydrogens is 236 g/mol. The van der Waals surface area contributed by atoms with E-state index >= 15 is 0 Å². The molecule has 0 saturated heterocycles. The van der Waals surface area contributed by atoms with E-state index in [-0.39, 0.29) is 5.91 Å². The first-order chi connectivity index (χ1) is 8.22. The number of rotatable bonds is 7. The Kier molecular flexibility index (Phi) is 6.67. The number of hydrogen-bond acceptors (Lipinski definition) is 2. The molecule has 4 heteroatoms. The Balaban J connectivity index is 2.17. The zero-order valence-corrected chi connectivity index (χ0v) is 10.9. The maximum atomic E-state index is 11.5. The van der Waals surface area contributed by atoms with Gasteiger partial charge in [0, 0.05) is 24.5 Å². The lowest BCUT2D eigenvalue weighted by molar-refractivity contribution is -0.121. The largest absolute Gasteiger partial charge is 0.355 e. The molecule has 0 heterocycles. The van der Waals surface area contributed by atoms with Gasteiger partial charge >= 0.3 is 0 Å². The van der Waals surface area contributed by atoms with Crippen molar-refractivity contribution >= 4 is 17.5 Å². The number of likely N-dealkylation sites (N-methyl/N-ethyl adjacent to an activating group) is 1. The van der Waals surface area contributed by atoms with Crippen LogP contribution < -0.4 is 10.6 Å². The molecule has 0 aliphatic rings. The van der Waals surface area contributed by atoms with E-state index < -0.39 is 0 Å². The second-order valence-corrected chi connectivity index (χ2v) is 4.27. The quantitative estimate of drug-likeness (QED) is 0.731. The van der Waals surface area contributed by atoms with Crippen molar-refractivity contribution in [3.63, 3.8) is 0 Å². The van der Waals surface area contributed by atoms with Crippen LogP contribution in [0, 0.1) is 0 Å². The Morgan fingerprint density at radius 2 is 1.94 bits per heavy atom. The summed E-state index contributed by atoms with van der Waals surface area (Å²) in [6.45, 7) is 4.49. The van der Waals surface area contributed by atoms with Crippen LogP contribution in [0.3, 0.4) is 0 Å². The average Bonchev–Trinajstić information content (AvgIpc) is 2.34. The number of carbonyl (C=O) groups excluding carboxylic acids is 1. The fourth-order valence-electron chi connectivity index (χ4n) is 1.46. The van der Waals surface area contributed by atoms with Crippen LogP contribution in [0.1, 0.15) is 18.9 Å². The number of benzene rings is 1. The van der Waals surface area contributed by atoms with Gasteiger partial charge in [0.05, 0.1) is 0 Å². The third-order valence-electron chi connectivity index (χ3n) is 2.43. The van der Waals surface area contributed by atoms with Crippen LogP contribution in [-0.2, 0) is 11.2 Å². The molecule has 0 fully saturated rings. The number of nitrogens with one attached hydrogen (secondary N) is 2. The Labute approximate surface area is 108 Å². The highest BCUT2D eigenvalue weighted by Gasteiger charge is 2.01. The van der Waals surface area contributed by atoms with E-state index in [9.17, 15) is 4.79 Å². The summed E-state index contributed by atoms with van der Waals surface area (Å²) in [6.07, 6.45) is 1.28. The Morgan fingerprint density at radius 3 is 2.59 bits per heavy atom. The molecule has 0 bridgehead atoms. The van der Waals surface area contributed by atoms with Gasteiger partial charge in [-0.15, -0.1) is 0 Å². The molecule has 1 rings (SSSR count). The Morgan fingerprint density at radius 1 is 1.24 bits per heavy atom. The Bertz CT molecular complexity index is 338. The number of carbonyl (C=O) groups is 1. The molecule has 3 nitrogen and oxygen atoms in total. The highest BCUT2D eigenvalue weighted by atomic mass is 35.5. The zero-order chi connectivity index (χ0) is 12.5. The van der Waals surface area contributed by atoms with Gasteiger partial charge in [0.15, 0.2) is 0 Å². The SMILES string of the molecule is CCNCCNC(=O)CCc1ccc(Cl)cc1. The lowest BCUT2D eigenvalue weighted by atomic mass is 10.1. The maximum absolute atomic E-state index is 11.5. The van der Waals surface area contributed by atoms with E-state index in [0.29, 0.717) is 13.0 Å². The fraction of sp³-hybridized carbons (Fsp3) is 0.462. The summed E-state index contributed by atoms with van der Waals surface area (Å²) in [6, 6.07) is 7.60. The summed E-state index contributed by atoms with van der Waals surface area (Å²) >= 11 is 5.79. The number of hydrogen-bond donors (Lipinski definition) is 2. The van der Waals surface area contributed by atoms with Crippen LogP contribution in [0.4, 0.5) is 0 Å². The molecular formula is C13H19ClN2O. The smallest absolute Gasteiger partial charge is 0.220 e. The summed E-state index contributed by atoms with van der Waals surface area (Å²) in [4.78, 5) is 11.5. The van der Waals surface area contributed by atoms with Gasteiger partial charge in [-0.25, -0.2) is 0 Å². The predicted molar refractivity (Wildman–Crippen MR) is 71.3 cm³/mol. The second kappa shape index (κ2) is 8.09. The van der Waals surface area contributed by atoms with E-state index in [1.165, 1.54) is 0 Å². The van der Waals surface area contributed by atoms with Crippen LogP contribution in [0.5, 0.6) is 0 Å². The first-order valence-corrected chi connectivity index (χ1v) is 6.32. The predicted octanol–water partition coefficient (Wildman–Crippen LogP) is 2.00. The molecule has 1 aromatic rings. The minimum atomic E-state index is 0.0952. The van der Waals surface area contributed by atoms with E-state index in [1.807, 2.05) is 31.2 Å². The van der Waals surface area contributed by atoms with Crippen molar-refractivity contribution in [3.8, 4) is 0 Å². The van der Waals surface area contributed by atoms with Crippen molar-refractivity contribution in [1.29, 1.82) is 0 Å². The Hall–Kier alpha value is -1.06. The number of amides is 1. The summed E-state index contributed by atoms with van der Waals surface area (Å²) in [7, 11) is 0. The lowest BCUT2D eigenvalue weighted by Gasteiger charge is -2.05. The minimum absolute atomic E-state index is 0.0952. The van der Waals surface area contributed by atoms with E-state index in [0.717, 1.165) is 30.1 Å². The second-order valence-electron chi connectivity index (χ2n) is 3.83. The van der Waals surface area contributed by atoms with Crippen LogP contribution >= 0.6 is 11.6 Å². The molecule has 1 aromatic carbocycles. The number of aryl methyl sites for hydroxylation is 1. The standard InChI is InChI=1S/C13H19ClN2O/c1-2-15-9-10-16-13(17)8-5-11-3-6-12(14)7-4-11/h3-4,6-7,15H,2,5,8-10H2,1H3,(H,16,17). The monoisotopic (exact) mass is 254 g/mol. The first-order valence-electron chi connectivity index (χ1n) is 5.94. The molecule has 1 amide bonds. The van der Waals surface area contributed by atoms with Crippen molar-refractivity contribution in [2.45, 2.75) is 19.8 Å². The third-order valence-corrected chi connectivity index (χ3v) is 2.68. The minimum Gasteiger partial charge on any atom is -0.355 e. The topological polar surface area (TPSA) is 41.1 Å². The van der Waals surface area contributed by atoms with Gasteiger partial charge in [-0.1, -0.05) is 30.7 Å². The van der Waals surface area contributed by atoms with Gasteiger partial charge in [-0.2, -0.15) is 0 Å². The molecule has 94 valence electrons. The molecule has 0 aliphatic heterocycles. The normalized spacial score (nSPS) is 10.2. The molecule has 0 aromatic heterocycles. The first kappa shape index (κ1) is 14.0. The molecule has 0 saturated carbocycles. The third kappa shape index (κ3) is 6.29. The highest BCUT2D eigenvalue weighted by Crippen LogP contribution is 2.10. The van der Waals surface area contributed by atoms with Gasteiger partial charge in [-0.3, -0.25) is 4.79 Å². The average molecular weight is 255 g/mol. The van der Waals surface area contributed by atoms with Crippen molar-refractivity contribution < 1.29 is 4.79 Å². The van der Waals surface area contributed by atoms with Crippen LogP contribution in [0.25, 0.3) is 0 Å². The van der Waals surface area contributed by atoms with Crippen LogP contribution in [0.2, 0.25) is 5.02 Å². The molecule has 0 atom stereocenters. The van der Waals surface area contributed by atoms with Crippen molar-refractivity contribution in [2.75, 3.05) is 19.6 Å². The van der Waals surface area contributed by atoms with Crippen molar-refractivity contribution in [3.05, 3.63) is 34.9 Å². The zero-order valence-electron chi connectivity index (χ0n) is 10.1. The van der Waals surface area contributed by atoms with Crippen molar-refractivity contribution in [2.24, 2.45) is 0 Å². The van der Waals surface area contributed by atoms with Gasteiger partial charge in [0.25, 0.3) is 0 Å². The number of halogens is 1. The fourth-order valence-corrected chi connectivity index (χ4v) is 1.59. The van der Waals surface area contributed by atoms with Gasteiger partial charge in [-0.05, 0) is 30.7 Å². The molecule has 0 radical (unpaired) electrons. The van der Waals surface area contributed by atoms with Crippen LogP contribution in [-0.4, -0.2) is 25.5 Å². The summed E-state index contributed by atoms with van der Waals surface area (Å²) in [5.74, 6) is 0.0952. The molecule has 0 unspecified atom stereocenters. The van der Waals surface area contributed by atoms with Gasteiger partial charge in [0.2, 0.25) is 5.91 Å². The van der Waals surface area contributed by atoms with E-state index in [2.05, 4.69) is 10.6 Å². The summed E-state index contributed by atoms with van der Waals surface area (Å²) in [5, 5.41) is 6.75. The van der Waals surface area contributed by atoms with E-state index in [1.54, 1.807) is 0 Å². The molecule has 0 spiro atoms. The van der Waals surface area contributed by atoms with Crippen LogP contribution in [0.15, 0.2) is 24.3 Å². The molecule has 0 aliphatic carbocycles. The lowest BCUT2D eigenvalue weighted by Crippen LogP contribution is -2.31. The van der Waals surface area contributed by atoms with Gasteiger partial charge < -0.3 is 10.6 Å². The molecule has 2 N–H and O–H groups in total. The maximum Gasteiger partial charge on any atom is 0.220 e. The van der Waals surface area contributed by atoms with Gasteiger partial charge in [0.1, 0.15) is 0 Å². The highest BCUT2D eigenvalue weighted by molar-refractivity contribution is 6.30. The van der Waals surface area contributed by atoms with Crippen molar-refractivity contribution in [1.82, 2.24) is 10.6 Å². The summed E-state index contributed by atoms with van der Waals surface area (Å²) in [5.41, 5.74) is 1.14.